The summed E-state index contributed by atoms with van der Waals surface area (Å²) in [7, 11) is 0. The molecule has 3 nitrogen and oxygen atoms in total. The maximum absolute atomic E-state index is 11.0. The van der Waals surface area contributed by atoms with Crippen molar-refractivity contribution in [3.63, 3.8) is 0 Å². The summed E-state index contributed by atoms with van der Waals surface area (Å²) in [6.07, 6.45) is -0.193. The number of Topliss-reactive ketones (excluding diaryl/α,β-unsaturated/α-hetero) is 1. The lowest BCUT2D eigenvalue weighted by atomic mass is 10.2. The molecule has 1 aliphatic rings. The minimum atomic E-state index is -0.193. The van der Waals surface area contributed by atoms with E-state index in [0.29, 0.717) is 12.6 Å². The molecule has 0 bridgehead atoms. The molecule has 1 aliphatic heterocycles. The number of ketones is 1. The van der Waals surface area contributed by atoms with Crippen molar-refractivity contribution in [2.75, 3.05) is 19.7 Å². The first kappa shape index (κ1) is 9.68. The number of ether oxygens (including phenoxy) is 1. The van der Waals surface area contributed by atoms with Gasteiger partial charge in [-0.15, -0.1) is 0 Å². The number of hydrogen-bond donors (Lipinski definition) is 0. The summed E-state index contributed by atoms with van der Waals surface area (Å²) in [5, 5.41) is 0. The quantitative estimate of drug-likeness (QED) is 0.612. The van der Waals surface area contributed by atoms with Crippen LogP contribution in [0, 0.1) is 0 Å². The Kier molecular flexibility index (Phi) is 3.23. The van der Waals surface area contributed by atoms with E-state index in [1.54, 1.807) is 6.92 Å². The smallest absolute Gasteiger partial charge is 0.159 e. The molecule has 0 spiro atoms. The van der Waals surface area contributed by atoms with Crippen molar-refractivity contribution in [2.45, 2.75) is 32.9 Å². The van der Waals surface area contributed by atoms with E-state index in [-0.39, 0.29) is 11.9 Å². The first-order valence-corrected chi connectivity index (χ1v) is 4.47. The molecule has 0 saturated carbocycles. The van der Waals surface area contributed by atoms with E-state index in [1.165, 1.54) is 0 Å². The summed E-state index contributed by atoms with van der Waals surface area (Å²) in [5.74, 6) is 0.139. The number of carbonyl (C=O) groups excluding carboxylic acids is 1. The molecule has 70 valence electrons. The Labute approximate surface area is 73.7 Å². The Morgan fingerprint density at radius 1 is 1.58 bits per heavy atom. The van der Waals surface area contributed by atoms with Crippen molar-refractivity contribution in [1.29, 1.82) is 0 Å². The summed E-state index contributed by atoms with van der Waals surface area (Å²) in [5.41, 5.74) is 0. The average molecular weight is 171 g/mol. The molecule has 1 heterocycles. The minimum Gasteiger partial charge on any atom is -0.368 e. The summed E-state index contributed by atoms with van der Waals surface area (Å²) in [6.45, 7) is 8.26. The van der Waals surface area contributed by atoms with Crippen LogP contribution in [0.3, 0.4) is 0 Å². The molecule has 0 amide bonds. The van der Waals surface area contributed by atoms with E-state index in [1.807, 2.05) is 0 Å². The van der Waals surface area contributed by atoms with Crippen LogP contribution in [0.5, 0.6) is 0 Å². The highest BCUT2D eigenvalue weighted by Gasteiger charge is 2.24. The molecule has 3 heteroatoms. The second kappa shape index (κ2) is 4.01. The first-order chi connectivity index (χ1) is 5.61. The molecule has 1 rings (SSSR count). The number of nitrogens with zero attached hydrogens (tertiary/aromatic N) is 1. The highest BCUT2D eigenvalue weighted by molar-refractivity contribution is 5.80. The van der Waals surface area contributed by atoms with Gasteiger partial charge in [0.1, 0.15) is 6.10 Å². The van der Waals surface area contributed by atoms with Gasteiger partial charge in [0, 0.05) is 19.1 Å². The van der Waals surface area contributed by atoms with Gasteiger partial charge in [-0.1, -0.05) is 0 Å². The lowest BCUT2D eigenvalue weighted by molar-refractivity contribution is -0.134. The maximum atomic E-state index is 11.0. The predicted molar refractivity (Wildman–Crippen MR) is 47.1 cm³/mol. The van der Waals surface area contributed by atoms with Gasteiger partial charge in [-0.3, -0.25) is 9.69 Å². The van der Waals surface area contributed by atoms with Gasteiger partial charge in [0.15, 0.2) is 5.78 Å². The topological polar surface area (TPSA) is 29.5 Å². The van der Waals surface area contributed by atoms with Crippen molar-refractivity contribution < 1.29 is 9.53 Å². The first-order valence-electron chi connectivity index (χ1n) is 4.47. The van der Waals surface area contributed by atoms with E-state index in [0.717, 1.165) is 13.1 Å². The summed E-state index contributed by atoms with van der Waals surface area (Å²) < 4.78 is 5.33. The molecule has 12 heavy (non-hydrogen) atoms. The van der Waals surface area contributed by atoms with Crippen LogP contribution in [0.1, 0.15) is 20.8 Å². The Hall–Kier alpha value is -0.410. The van der Waals surface area contributed by atoms with Crippen LogP contribution >= 0.6 is 0 Å². The Bertz CT molecular complexity index is 168. The van der Waals surface area contributed by atoms with Gasteiger partial charge in [0.25, 0.3) is 0 Å². The molecule has 0 unspecified atom stereocenters. The lowest BCUT2D eigenvalue weighted by Gasteiger charge is -2.34. The fourth-order valence-corrected chi connectivity index (χ4v) is 1.38. The van der Waals surface area contributed by atoms with Gasteiger partial charge in [0.05, 0.1) is 6.61 Å². The van der Waals surface area contributed by atoms with E-state index in [4.69, 9.17) is 4.74 Å². The van der Waals surface area contributed by atoms with E-state index in [9.17, 15) is 4.79 Å². The van der Waals surface area contributed by atoms with Gasteiger partial charge in [0.2, 0.25) is 0 Å². The third kappa shape index (κ3) is 2.29. The SMILES string of the molecule is CC(=O)[C@@H]1CN(C(C)C)CCO1. The van der Waals surface area contributed by atoms with Gasteiger partial charge in [-0.2, -0.15) is 0 Å². The molecule has 0 aromatic rings. The van der Waals surface area contributed by atoms with Crippen molar-refractivity contribution in [3.8, 4) is 0 Å². The molecule has 0 aliphatic carbocycles. The van der Waals surface area contributed by atoms with Crippen LogP contribution in [0.25, 0.3) is 0 Å². The summed E-state index contributed by atoms with van der Waals surface area (Å²) >= 11 is 0. The van der Waals surface area contributed by atoms with Gasteiger partial charge in [-0.25, -0.2) is 0 Å². The Balaban J connectivity index is 2.46. The average Bonchev–Trinajstić information content (AvgIpc) is 2.04. The molecule has 0 N–H and O–H groups in total. The summed E-state index contributed by atoms with van der Waals surface area (Å²) in [6, 6.07) is 0.510. The molecular formula is C9H17NO2. The van der Waals surface area contributed by atoms with Crippen LogP contribution in [0.15, 0.2) is 0 Å². The van der Waals surface area contributed by atoms with Gasteiger partial charge >= 0.3 is 0 Å². The van der Waals surface area contributed by atoms with Crippen molar-refractivity contribution in [3.05, 3.63) is 0 Å². The van der Waals surface area contributed by atoms with E-state index < -0.39 is 0 Å². The maximum Gasteiger partial charge on any atom is 0.159 e. The lowest BCUT2D eigenvalue weighted by Crippen LogP contribution is -2.48. The third-order valence-corrected chi connectivity index (χ3v) is 2.28. The number of carbonyl (C=O) groups is 1. The van der Waals surface area contributed by atoms with Crippen LogP contribution in [0.4, 0.5) is 0 Å². The van der Waals surface area contributed by atoms with E-state index in [2.05, 4.69) is 18.7 Å². The van der Waals surface area contributed by atoms with Crippen molar-refractivity contribution in [2.24, 2.45) is 0 Å². The zero-order valence-electron chi connectivity index (χ0n) is 8.04. The largest absolute Gasteiger partial charge is 0.368 e. The highest BCUT2D eigenvalue weighted by Crippen LogP contribution is 2.08. The number of morpholine rings is 1. The summed E-state index contributed by atoms with van der Waals surface area (Å²) in [4.78, 5) is 13.3. The zero-order valence-corrected chi connectivity index (χ0v) is 8.04. The molecule has 1 fully saturated rings. The van der Waals surface area contributed by atoms with Crippen LogP contribution < -0.4 is 0 Å². The zero-order chi connectivity index (χ0) is 9.14. The molecule has 1 saturated heterocycles. The molecule has 0 radical (unpaired) electrons. The van der Waals surface area contributed by atoms with Crippen LogP contribution in [-0.2, 0) is 9.53 Å². The molecule has 0 aromatic carbocycles. The fraction of sp³-hybridized carbons (Fsp3) is 0.889. The van der Waals surface area contributed by atoms with Gasteiger partial charge < -0.3 is 4.74 Å². The number of hydrogen-bond acceptors (Lipinski definition) is 3. The second-order valence-corrected chi connectivity index (χ2v) is 3.56. The molecule has 1 atom stereocenters. The minimum absolute atomic E-state index is 0.139. The van der Waals surface area contributed by atoms with Crippen LogP contribution in [0.2, 0.25) is 0 Å². The Morgan fingerprint density at radius 2 is 2.25 bits per heavy atom. The third-order valence-electron chi connectivity index (χ3n) is 2.28. The van der Waals surface area contributed by atoms with Crippen LogP contribution in [-0.4, -0.2) is 42.5 Å². The highest BCUT2D eigenvalue weighted by atomic mass is 16.5. The van der Waals surface area contributed by atoms with E-state index >= 15 is 0 Å². The Morgan fingerprint density at radius 3 is 2.75 bits per heavy atom. The van der Waals surface area contributed by atoms with Crippen molar-refractivity contribution >= 4 is 5.78 Å². The second-order valence-electron chi connectivity index (χ2n) is 3.56. The molecule has 0 aromatic heterocycles. The van der Waals surface area contributed by atoms with Crippen molar-refractivity contribution in [1.82, 2.24) is 4.90 Å². The standard InChI is InChI=1S/C9H17NO2/c1-7(2)10-4-5-12-9(6-10)8(3)11/h7,9H,4-6H2,1-3H3/t9-/m0/s1. The fourth-order valence-electron chi connectivity index (χ4n) is 1.38. The van der Waals surface area contributed by atoms with Gasteiger partial charge in [-0.05, 0) is 20.8 Å². The monoisotopic (exact) mass is 171 g/mol. The molecular weight excluding hydrogens is 154 g/mol. The normalized spacial score (nSPS) is 26.2. The predicted octanol–water partition coefficient (Wildman–Crippen LogP) is 0.685. The number of rotatable bonds is 2.